The Morgan fingerprint density at radius 2 is 2.00 bits per heavy atom. The Labute approximate surface area is 72.8 Å². The van der Waals surface area contributed by atoms with Gasteiger partial charge in [0.2, 0.25) is 6.41 Å². The van der Waals surface area contributed by atoms with Crippen LogP contribution in [0.3, 0.4) is 0 Å². The second-order valence-corrected chi connectivity index (χ2v) is 3.78. The van der Waals surface area contributed by atoms with Crippen molar-refractivity contribution in [1.82, 2.24) is 10.2 Å². The number of carbonyl (C=O) groups is 1. The molecule has 0 bridgehead atoms. The molecule has 0 aliphatic rings. The summed E-state index contributed by atoms with van der Waals surface area (Å²) in [6.45, 7) is 5.95. The Bertz CT molecular complexity index is 162. The van der Waals surface area contributed by atoms with Crippen LogP contribution >= 0.6 is 12.2 Å². The Hall–Kier alpha value is -0.640. The zero-order valence-electron chi connectivity index (χ0n) is 7.34. The molecule has 0 saturated carbocycles. The zero-order valence-corrected chi connectivity index (χ0v) is 8.16. The first-order chi connectivity index (χ1) is 4.87. The minimum atomic E-state index is -0.0889. The summed E-state index contributed by atoms with van der Waals surface area (Å²) in [4.78, 5) is 11.6. The average Bonchev–Trinajstić information content (AvgIpc) is 1.82. The van der Waals surface area contributed by atoms with Gasteiger partial charge in [-0.05, 0) is 33.0 Å². The van der Waals surface area contributed by atoms with Gasteiger partial charge in [0.25, 0.3) is 0 Å². The molecule has 11 heavy (non-hydrogen) atoms. The molecule has 0 heterocycles. The molecular formula is C7H14N2OS. The molecule has 1 N–H and O–H groups in total. The number of hydrogen-bond donors (Lipinski definition) is 1. The number of carbonyl (C=O) groups excluding carboxylic acids is 1. The molecule has 0 aliphatic heterocycles. The van der Waals surface area contributed by atoms with Crippen molar-refractivity contribution in [3.8, 4) is 0 Å². The first kappa shape index (κ1) is 10.4. The summed E-state index contributed by atoms with van der Waals surface area (Å²) in [6, 6.07) is 0. The fourth-order valence-electron chi connectivity index (χ4n) is 0.457. The van der Waals surface area contributed by atoms with Crippen molar-refractivity contribution in [2.75, 3.05) is 7.05 Å². The predicted octanol–water partition coefficient (Wildman–Crippen LogP) is 0.748. The van der Waals surface area contributed by atoms with E-state index in [4.69, 9.17) is 12.2 Å². The zero-order chi connectivity index (χ0) is 9.07. The lowest BCUT2D eigenvalue weighted by Crippen LogP contribution is -2.46. The minimum absolute atomic E-state index is 0.0889. The van der Waals surface area contributed by atoms with E-state index in [9.17, 15) is 4.79 Å². The third-order valence-corrected chi connectivity index (χ3v) is 1.35. The van der Waals surface area contributed by atoms with E-state index in [1.807, 2.05) is 20.8 Å². The summed E-state index contributed by atoms with van der Waals surface area (Å²) in [6.07, 6.45) is 0.682. The highest BCUT2D eigenvalue weighted by molar-refractivity contribution is 7.80. The number of nitrogens with one attached hydrogen (secondary N) is 1. The minimum Gasteiger partial charge on any atom is -0.358 e. The number of nitrogens with zero attached hydrogens (tertiary/aromatic N) is 1. The molecular weight excluding hydrogens is 160 g/mol. The van der Waals surface area contributed by atoms with Crippen LogP contribution in [0.1, 0.15) is 20.8 Å². The van der Waals surface area contributed by atoms with Crippen molar-refractivity contribution in [1.29, 1.82) is 0 Å². The van der Waals surface area contributed by atoms with Crippen LogP contribution in [0.15, 0.2) is 0 Å². The van der Waals surface area contributed by atoms with Crippen LogP contribution in [0.4, 0.5) is 0 Å². The van der Waals surface area contributed by atoms with Crippen LogP contribution in [-0.2, 0) is 4.79 Å². The summed E-state index contributed by atoms with van der Waals surface area (Å²) in [5.41, 5.74) is -0.0889. The molecule has 0 radical (unpaired) electrons. The van der Waals surface area contributed by atoms with E-state index < -0.39 is 0 Å². The Balaban J connectivity index is 3.98. The maximum absolute atomic E-state index is 10.2. The summed E-state index contributed by atoms with van der Waals surface area (Å²) in [5, 5.41) is 3.45. The summed E-state index contributed by atoms with van der Waals surface area (Å²) < 4.78 is 0. The van der Waals surface area contributed by atoms with Crippen molar-refractivity contribution in [2.45, 2.75) is 26.3 Å². The largest absolute Gasteiger partial charge is 0.358 e. The first-order valence-corrected chi connectivity index (χ1v) is 3.78. The van der Waals surface area contributed by atoms with Crippen LogP contribution < -0.4 is 5.32 Å². The van der Waals surface area contributed by atoms with Gasteiger partial charge in [0, 0.05) is 12.6 Å². The van der Waals surface area contributed by atoms with Crippen LogP contribution in [0.2, 0.25) is 0 Å². The summed E-state index contributed by atoms with van der Waals surface area (Å²) >= 11 is 4.91. The molecule has 0 spiro atoms. The molecule has 0 unspecified atom stereocenters. The highest BCUT2D eigenvalue weighted by atomic mass is 32.1. The van der Waals surface area contributed by atoms with Gasteiger partial charge < -0.3 is 5.32 Å². The monoisotopic (exact) mass is 174 g/mol. The number of rotatable bonds is 1. The Morgan fingerprint density at radius 3 is 2.27 bits per heavy atom. The van der Waals surface area contributed by atoms with Crippen molar-refractivity contribution >= 4 is 23.7 Å². The molecule has 3 nitrogen and oxygen atoms in total. The molecule has 64 valence electrons. The van der Waals surface area contributed by atoms with E-state index in [0.717, 1.165) is 0 Å². The predicted molar refractivity (Wildman–Crippen MR) is 49.3 cm³/mol. The van der Waals surface area contributed by atoms with E-state index in [-0.39, 0.29) is 5.54 Å². The van der Waals surface area contributed by atoms with Crippen LogP contribution in [0, 0.1) is 0 Å². The van der Waals surface area contributed by atoms with E-state index in [1.54, 1.807) is 7.05 Å². The standard InChI is InChI=1S/C7H14N2OS/c1-7(2,3)8-6(11)9(4)5-10/h5H,1-4H3,(H,8,11). The van der Waals surface area contributed by atoms with Gasteiger partial charge in [-0.3, -0.25) is 9.69 Å². The normalized spacial score (nSPS) is 10.5. The lowest BCUT2D eigenvalue weighted by atomic mass is 10.1. The summed E-state index contributed by atoms with van der Waals surface area (Å²) in [7, 11) is 1.62. The molecule has 0 fully saturated rings. The molecule has 0 saturated heterocycles. The first-order valence-electron chi connectivity index (χ1n) is 3.37. The van der Waals surface area contributed by atoms with Crippen molar-refractivity contribution < 1.29 is 4.79 Å². The molecule has 0 aromatic rings. The SMILES string of the molecule is CN(C=O)C(=S)NC(C)(C)C. The van der Waals surface area contributed by atoms with Gasteiger partial charge in [-0.1, -0.05) is 0 Å². The van der Waals surface area contributed by atoms with Gasteiger partial charge >= 0.3 is 0 Å². The average molecular weight is 174 g/mol. The second kappa shape index (κ2) is 3.67. The van der Waals surface area contributed by atoms with Crippen LogP contribution in [-0.4, -0.2) is 29.0 Å². The van der Waals surface area contributed by atoms with Crippen molar-refractivity contribution in [2.24, 2.45) is 0 Å². The van der Waals surface area contributed by atoms with Gasteiger partial charge in [0.05, 0.1) is 0 Å². The Morgan fingerprint density at radius 1 is 1.55 bits per heavy atom. The van der Waals surface area contributed by atoms with Gasteiger partial charge in [0.1, 0.15) is 0 Å². The third kappa shape index (κ3) is 4.72. The Kier molecular flexibility index (Phi) is 3.45. The number of hydrogen-bond acceptors (Lipinski definition) is 2. The molecule has 0 aliphatic carbocycles. The van der Waals surface area contributed by atoms with Gasteiger partial charge in [-0.15, -0.1) is 0 Å². The van der Waals surface area contributed by atoms with Crippen LogP contribution in [0.5, 0.6) is 0 Å². The number of amides is 1. The van der Waals surface area contributed by atoms with Gasteiger partial charge in [-0.25, -0.2) is 0 Å². The van der Waals surface area contributed by atoms with E-state index in [1.165, 1.54) is 4.90 Å². The highest BCUT2D eigenvalue weighted by Gasteiger charge is 2.12. The second-order valence-electron chi connectivity index (χ2n) is 3.40. The molecule has 1 amide bonds. The van der Waals surface area contributed by atoms with Gasteiger partial charge in [0.15, 0.2) is 5.11 Å². The lowest BCUT2D eigenvalue weighted by Gasteiger charge is -2.25. The lowest BCUT2D eigenvalue weighted by molar-refractivity contribution is -0.114. The molecule has 0 aromatic heterocycles. The van der Waals surface area contributed by atoms with E-state index in [0.29, 0.717) is 11.5 Å². The molecule has 4 heteroatoms. The number of thiocarbonyl (C=S) groups is 1. The van der Waals surface area contributed by atoms with E-state index in [2.05, 4.69) is 5.32 Å². The van der Waals surface area contributed by atoms with Crippen molar-refractivity contribution in [3.05, 3.63) is 0 Å². The van der Waals surface area contributed by atoms with Crippen LogP contribution in [0.25, 0.3) is 0 Å². The molecule has 0 rings (SSSR count). The van der Waals surface area contributed by atoms with Crippen molar-refractivity contribution in [3.63, 3.8) is 0 Å². The fourth-order valence-corrected chi connectivity index (χ4v) is 0.806. The maximum atomic E-state index is 10.2. The maximum Gasteiger partial charge on any atom is 0.215 e. The summed E-state index contributed by atoms with van der Waals surface area (Å²) in [5.74, 6) is 0. The smallest absolute Gasteiger partial charge is 0.215 e. The topological polar surface area (TPSA) is 32.3 Å². The third-order valence-electron chi connectivity index (χ3n) is 0.960. The van der Waals surface area contributed by atoms with E-state index >= 15 is 0 Å². The molecule has 0 aromatic carbocycles. The molecule has 0 atom stereocenters. The van der Waals surface area contributed by atoms with Gasteiger partial charge in [-0.2, -0.15) is 0 Å². The quantitative estimate of drug-likeness (QED) is 0.470. The fraction of sp³-hybridized carbons (Fsp3) is 0.714. The highest BCUT2D eigenvalue weighted by Crippen LogP contribution is 1.99.